The molecule has 1 atom stereocenters. The fraction of sp³-hybridized carbons (Fsp3) is 0.111. The van der Waals surface area contributed by atoms with Crippen LogP contribution >= 0.6 is 32.3 Å². The quantitative estimate of drug-likeness (QED) is 0.0894. The van der Waals surface area contributed by atoms with Crippen LogP contribution in [0.5, 0.6) is 0 Å². The third kappa shape index (κ3) is 9.79. The molecule has 0 aromatic heterocycles. The van der Waals surface area contributed by atoms with Gasteiger partial charge in [0.15, 0.2) is 0 Å². The number of hydrogen-bond donors (Lipinski definition) is 0. The zero-order valence-electron chi connectivity index (χ0n) is 34.6. The van der Waals surface area contributed by atoms with Gasteiger partial charge in [-0.2, -0.15) is 0 Å². The molecule has 0 amide bonds. The molecule has 8 aromatic carbocycles. The Hall–Kier alpha value is -4.60. The Morgan fingerprint density at radius 3 is 0.700 bits per heavy atom. The maximum atomic E-state index is 2.97. The lowest BCUT2D eigenvalue weighted by Gasteiger charge is -2.51. The van der Waals surface area contributed by atoms with Crippen molar-refractivity contribution in [3.05, 3.63) is 243 Å². The van der Waals surface area contributed by atoms with Gasteiger partial charge in [0.25, 0.3) is 0 Å². The van der Waals surface area contributed by atoms with Crippen molar-refractivity contribution >= 4 is 74.7 Å². The minimum absolute atomic E-state index is 0.160. The molecule has 0 bridgehead atoms. The normalized spacial score (nSPS) is 12.5. The second-order valence-corrected chi connectivity index (χ2v) is 24.3. The average molecular weight is 853 g/mol. The molecule has 0 heterocycles. The molecule has 0 aliphatic carbocycles. The standard InChI is InChI=1S/C54H52N2P4/c1-45(55(57(46-28-12-4-13-29-46)47-30-14-5-15-31-47)58(48-32-16-6-17-33-48)49-34-18-7-19-35-49)44-54(2,3)56(59(50-36-20-8-21-37-50)51-38-22-9-23-39-51)60(52-40-24-10-25-41-52)53-42-26-11-27-43-53/h4-43,45H,44H2,1-3H3. The number of rotatable bonds is 16. The zero-order chi connectivity index (χ0) is 41.2. The lowest BCUT2D eigenvalue weighted by molar-refractivity contribution is 0.285. The molecule has 0 aliphatic rings. The molecule has 298 valence electrons. The molecule has 0 saturated heterocycles. The Balaban J connectivity index is 1.36. The Morgan fingerprint density at radius 1 is 0.317 bits per heavy atom. The van der Waals surface area contributed by atoms with E-state index in [0.717, 1.165) is 6.42 Å². The van der Waals surface area contributed by atoms with Crippen LogP contribution < -0.4 is 42.4 Å². The van der Waals surface area contributed by atoms with Gasteiger partial charge in [-0.15, -0.1) is 0 Å². The Morgan fingerprint density at radius 2 is 0.500 bits per heavy atom. The van der Waals surface area contributed by atoms with Crippen LogP contribution in [0.15, 0.2) is 243 Å². The van der Waals surface area contributed by atoms with Gasteiger partial charge in [0.2, 0.25) is 0 Å². The first-order valence-electron chi connectivity index (χ1n) is 20.7. The van der Waals surface area contributed by atoms with Crippen LogP contribution in [0.1, 0.15) is 27.2 Å². The Kier molecular flexibility index (Phi) is 14.3. The van der Waals surface area contributed by atoms with E-state index in [2.05, 4.69) is 272 Å². The molecule has 6 heteroatoms. The van der Waals surface area contributed by atoms with Crippen LogP contribution in [-0.4, -0.2) is 20.5 Å². The summed E-state index contributed by atoms with van der Waals surface area (Å²) in [6.45, 7) is 7.58. The van der Waals surface area contributed by atoms with Gasteiger partial charge in [-0.05, 0) is 69.6 Å². The van der Waals surface area contributed by atoms with E-state index in [0.29, 0.717) is 0 Å². The molecule has 0 N–H and O–H groups in total. The summed E-state index contributed by atoms with van der Waals surface area (Å²) in [4.78, 5) is 0. The zero-order valence-corrected chi connectivity index (χ0v) is 38.1. The molecule has 8 rings (SSSR count). The molecule has 0 aliphatic heterocycles. The van der Waals surface area contributed by atoms with Crippen LogP contribution in [0, 0.1) is 0 Å². The van der Waals surface area contributed by atoms with E-state index in [4.69, 9.17) is 0 Å². The van der Waals surface area contributed by atoms with E-state index in [1.165, 1.54) is 42.4 Å². The summed E-state index contributed by atoms with van der Waals surface area (Å²) in [5.74, 6) is 0. The van der Waals surface area contributed by atoms with Crippen molar-refractivity contribution in [2.75, 3.05) is 0 Å². The maximum Gasteiger partial charge on any atom is 0.0328 e. The highest BCUT2D eigenvalue weighted by Gasteiger charge is 2.44. The van der Waals surface area contributed by atoms with Gasteiger partial charge in [0, 0.05) is 43.9 Å². The van der Waals surface area contributed by atoms with Gasteiger partial charge in [-0.1, -0.05) is 243 Å². The number of benzene rings is 8. The van der Waals surface area contributed by atoms with Gasteiger partial charge in [-0.25, -0.2) is 8.88 Å². The number of nitrogens with zero attached hydrogens (tertiary/aromatic N) is 2. The average Bonchev–Trinajstić information content (AvgIpc) is 3.31. The summed E-state index contributed by atoms with van der Waals surface area (Å²) in [5, 5.41) is 10.9. The summed E-state index contributed by atoms with van der Waals surface area (Å²) in [6.07, 6.45) is 0.932. The molecule has 1 unspecified atom stereocenters. The van der Waals surface area contributed by atoms with Crippen molar-refractivity contribution in [1.82, 2.24) is 8.88 Å². The van der Waals surface area contributed by atoms with Gasteiger partial charge in [-0.3, -0.25) is 0 Å². The fourth-order valence-electron chi connectivity index (χ4n) is 8.06. The highest BCUT2D eigenvalue weighted by molar-refractivity contribution is 7.85. The first-order valence-corrected chi connectivity index (χ1v) is 25.9. The summed E-state index contributed by atoms with van der Waals surface area (Å²) in [5.41, 5.74) is -0.296. The summed E-state index contributed by atoms with van der Waals surface area (Å²) in [7, 11) is -3.91. The predicted molar refractivity (Wildman–Crippen MR) is 268 cm³/mol. The smallest absolute Gasteiger partial charge is 0.0328 e. The molecule has 60 heavy (non-hydrogen) atoms. The van der Waals surface area contributed by atoms with E-state index in [-0.39, 0.29) is 11.6 Å². The SMILES string of the molecule is CC(CC(C)(C)N(P(c1ccccc1)c1ccccc1)P(c1ccccc1)c1ccccc1)N(P(c1ccccc1)c1ccccc1)P(c1ccccc1)c1ccccc1. The molecular weight excluding hydrogens is 801 g/mol. The molecule has 0 fully saturated rings. The van der Waals surface area contributed by atoms with Crippen LogP contribution in [0.2, 0.25) is 0 Å². The highest BCUT2D eigenvalue weighted by atomic mass is 31.2. The van der Waals surface area contributed by atoms with E-state index < -0.39 is 32.3 Å². The van der Waals surface area contributed by atoms with Gasteiger partial charge >= 0.3 is 0 Å². The maximum absolute atomic E-state index is 2.97. The summed E-state index contributed by atoms with van der Waals surface area (Å²) >= 11 is 0. The fourth-order valence-corrected chi connectivity index (χ4v) is 20.8. The minimum atomic E-state index is -0.991. The van der Waals surface area contributed by atoms with Crippen molar-refractivity contribution in [3.63, 3.8) is 0 Å². The topological polar surface area (TPSA) is 6.48 Å². The van der Waals surface area contributed by atoms with Crippen molar-refractivity contribution in [1.29, 1.82) is 0 Å². The van der Waals surface area contributed by atoms with Crippen molar-refractivity contribution in [3.8, 4) is 0 Å². The molecule has 0 spiro atoms. The second-order valence-electron chi connectivity index (χ2n) is 15.4. The molecular formula is C54H52N2P4. The molecule has 2 nitrogen and oxygen atoms in total. The molecule has 0 saturated carbocycles. The Labute approximate surface area is 363 Å². The summed E-state index contributed by atoms with van der Waals surface area (Å²) < 4.78 is 5.93. The van der Waals surface area contributed by atoms with E-state index >= 15 is 0 Å². The monoisotopic (exact) mass is 852 g/mol. The van der Waals surface area contributed by atoms with Crippen LogP contribution in [0.3, 0.4) is 0 Å². The van der Waals surface area contributed by atoms with Crippen molar-refractivity contribution < 1.29 is 0 Å². The third-order valence-electron chi connectivity index (χ3n) is 10.5. The highest BCUT2D eigenvalue weighted by Crippen LogP contribution is 2.62. The number of hydrogen-bond acceptors (Lipinski definition) is 2. The van der Waals surface area contributed by atoms with Crippen LogP contribution in [0.25, 0.3) is 0 Å². The van der Waals surface area contributed by atoms with Gasteiger partial charge in [0.05, 0.1) is 0 Å². The molecule has 0 radical (unpaired) electrons. The third-order valence-corrected chi connectivity index (χ3v) is 22.4. The van der Waals surface area contributed by atoms with E-state index in [1.807, 2.05) is 0 Å². The first kappa shape index (κ1) is 42.1. The predicted octanol–water partition coefficient (Wildman–Crippen LogP) is 11.3. The molecule has 8 aromatic rings. The van der Waals surface area contributed by atoms with E-state index in [1.54, 1.807) is 0 Å². The van der Waals surface area contributed by atoms with Crippen LogP contribution in [0.4, 0.5) is 0 Å². The Bertz CT molecular complexity index is 2140. The van der Waals surface area contributed by atoms with Gasteiger partial charge in [0.1, 0.15) is 0 Å². The lowest BCUT2D eigenvalue weighted by Crippen LogP contribution is -2.48. The summed E-state index contributed by atoms with van der Waals surface area (Å²) in [6, 6.07) is 90.6. The lowest BCUT2D eigenvalue weighted by atomic mass is 9.98. The van der Waals surface area contributed by atoms with Gasteiger partial charge < -0.3 is 0 Å². The van der Waals surface area contributed by atoms with Crippen LogP contribution in [-0.2, 0) is 0 Å². The van der Waals surface area contributed by atoms with E-state index in [9.17, 15) is 0 Å². The largest absolute Gasteiger partial charge is 0.242 e. The minimum Gasteiger partial charge on any atom is -0.242 e. The van der Waals surface area contributed by atoms with Crippen molar-refractivity contribution in [2.45, 2.75) is 38.8 Å². The second kappa shape index (κ2) is 20.3. The van der Waals surface area contributed by atoms with Crippen molar-refractivity contribution in [2.24, 2.45) is 0 Å². The first-order chi connectivity index (χ1) is 29.5.